The van der Waals surface area contributed by atoms with Crippen molar-refractivity contribution in [2.24, 2.45) is 0 Å². The summed E-state index contributed by atoms with van der Waals surface area (Å²) in [6.45, 7) is 0.650. The number of hydrogen-bond donors (Lipinski definition) is 3. The van der Waals surface area contributed by atoms with E-state index in [0.717, 1.165) is 18.5 Å². The third-order valence-electron chi connectivity index (χ3n) is 3.12. The number of carbonyl (C=O) groups excluding carboxylic acids is 2. The average Bonchev–Trinajstić information content (AvgIpc) is 2.81. The van der Waals surface area contributed by atoms with Gasteiger partial charge in [0.2, 0.25) is 0 Å². The molecule has 1 aromatic heterocycles. The summed E-state index contributed by atoms with van der Waals surface area (Å²) in [6, 6.07) is 6.50. The molecule has 22 heavy (non-hydrogen) atoms. The Kier molecular flexibility index (Phi) is 4.26. The van der Waals surface area contributed by atoms with Crippen LogP contribution in [0.5, 0.6) is 0 Å². The predicted molar refractivity (Wildman–Crippen MR) is 86.9 cm³/mol. The molecule has 0 bridgehead atoms. The van der Waals surface area contributed by atoms with E-state index in [2.05, 4.69) is 20.9 Å². The van der Waals surface area contributed by atoms with Gasteiger partial charge in [-0.1, -0.05) is 35.1 Å². The molecule has 0 spiro atoms. The zero-order chi connectivity index (χ0) is 15.5. The van der Waals surface area contributed by atoms with Crippen LogP contribution in [0, 0.1) is 0 Å². The highest BCUT2D eigenvalue weighted by atomic mass is 35.5. The van der Waals surface area contributed by atoms with Crippen LogP contribution in [-0.2, 0) is 6.42 Å². The van der Waals surface area contributed by atoms with Gasteiger partial charge in [0.05, 0.1) is 16.4 Å². The van der Waals surface area contributed by atoms with E-state index in [4.69, 9.17) is 11.6 Å². The molecule has 6 nitrogen and oxygen atoms in total. The Balaban J connectivity index is 1.71. The van der Waals surface area contributed by atoms with Crippen molar-refractivity contribution < 1.29 is 9.59 Å². The molecule has 8 heteroatoms. The zero-order valence-electron chi connectivity index (χ0n) is 11.5. The smallest absolute Gasteiger partial charge is 0.325 e. The molecule has 0 saturated heterocycles. The summed E-state index contributed by atoms with van der Waals surface area (Å²) >= 11 is 7.15. The van der Waals surface area contributed by atoms with Gasteiger partial charge in [0.25, 0.3) is 5.91 Å². The molecule has 0 aliphatic carbocycles. The van der Waals surface area contributed by atoms with Gasteiger partial charge in [-0.05, 0) is 25.0 Å². The number of urea groups is 1. The van der Waals surface area contributed by atoms with Crippen molar-refractivity contribution in [2.45, 2.75) is 12.8 Å². The lowest BCUT2D eigenvalue weighted by molar-refractivity contribution is 0.0960. The van der Waals surface area contributed by atoms with Crippen LogP contribution in [0.1, 0.15) is 21.8 Å². The normalized spacial score (nSPS) is 13.8. The number of nitrogens with one attached hydrogen (secondary N) is 3. The summed E-state index contributed by atoms with van der Waals surface area (Å²) in [7, 11) is 0. The molecule has 2 heterocycles. The number of fused-ring (bicyclic) bond motifs is 1. The number of rotatable bonds is 2. The third-order valence-corrected chi connectivity index (χ3v) is 4.46. The molecule has 114 valence electrons. The lowest BCUT2D eigenvalue weighted by atomic mass is 10.2. The number of aryl methyl sites for hydroxylation is 1. The summed E-state index contributed by atoms with van der Waals surface area (Å²) in [5.74, 6) is -0.135. The predicted octanol–water partition coefficient (Wildman–Crippen LogP) is 3.12. The van der Waals surface area contributed by atoms with E-state index in [-0.39, 0.29) is 5.91 Å². The number of aromatic nitrogens is 1. The van der Waals surface area contributed by atoms with E-state index in [9.17, 15) is 9.59 Å². The van der Waals surface area contributed by atoms with Gasteiger partial charge in [-0.15, -0.1) is 0 Å². The second-order valence-corrected chi connectivity index (χ2v) is 6.12. The van der Waals surface area contributed by atoms with E-state index in [0.29, 0.717) is 27.3 Å². The highest BCUT2D eigenvalue weighted by molar-refractivity contribution is 7.17. The minimum Gasteiger partial charge on any atom is -0.351 e. The monoisotopic (exact) mass is 336 g/mol. The van der Waals surface area contributed by atoms with Crippen LogP contribution in [0.4, 0.5) is 15.6 Å². The number of anilines is 2. The van der Waals surface area contributed by atoms with E-state index in [1.165, 1.54) is 11.3 Å². The number of thiazole rings is 1. The molecule has 0 unspecified atom stereocenters. The van der Waals surface area contributed by atoms with Gasteiger partial charge in [-0.3, -0.25) is 10.1 Å². The molecule has 0 radical (unpaired) electrons. The average molecular weight is 337 g/mol. The first-order chi connectivity index (χ1) is 10.6. The van der Waals surface area contributed by atoms with Crippen LogP contribution in [0.2, 0.25) is 5.02 Å². The minimum absolute atomic E-state index is 0.135. The topological polar surface area (TPSA) is 83.1 Å². The lowest BCUT2D eigenvalue weighted by Crippen LogP contribution is -2.21. The van der Waals surface area contributed by atoms with Crippen molar-refractivity contribution in [3.8, 4) is 0 Å². The fraction of sp³-hybridized carbons (Fsp3) is 0.214. The number of halogens is 1. The maximum atomic E-state index is 12.0. The SMILES string of the molecule is O=C(Nc1nc2c(s1)C(=O)NCCC2)Nc1ccccc1Cl. The number of para-hydroxylation sites is 1. The summed E-state index contributed by atoms with van der Waals surface area (Å²) in [5.41, 5.74) is 1.24. The van der Waals surface area contributed by atoms with Crippen molar-refractivity contribution in [1.29, 1.82) is 0 Å². The van der Waals surface area contributed by atoms with E-state index < -0.39 is 6.03 Å². The van der Waals surface area contributed by atoms with Crippen LogP contribution in [0.3, 0.4) is 0 Å². The molecule has 1 aliphatic rings. The summed E-state index contributed by atoms with van der Waals surface area (Å²) < 4.78 is 0. The van der Waals surface area contributed by atoms with E-state index in [1.54, 1.807) is 24.3 Å². The zero-order valence-corrected chi connectivity index (χ0v) is 13.1. The lowest BCUT2D eigenvalue weighted by Gasteiger charge is -2.06. The second-order valence-electron chi connectivity index (χ2n) is 4.71. The van der Waals surface area contributed by atoms with Gasteiger partial charge < -0.3 is 10.6 Å². The first-order valence-electron chi connectivity index (χ1n) is 6.74. The molecule has 0 saturated carbocycles. The fourth-order valence-electron chi connectivity index (χ4n) is 2.10. The van der Waals surface area contributed by atoms with Gasteiger partial charge >= 0.3 is 6.03 Å². The van der Waals surface area contributed by atoms with Crippen LogP contribution in [0.15, 0.2) is 24.3 Å². The third kappa shape index (κ3) is 3.20. The van der Waals surface area contributed by atoms with Crippen molar-refractivity contribution >= 4 is 45.7 Å². The van der Waals surface area contributed by atoms with Crippen molar-refractivity contribution in [3.63, 3.8) is 0 Å². The molecule has 3 rings (SSSR count). The Morgan fingerprint density at radius 1 is 1.32 bits per heavy atom. The molecule has 0 atom stereocenters. The molecule has 3 amide bonds. The van der Waals surface area contributed by atoms with Crippen molar-refractivity contribution in [3.05, 3.63) is 39.9 Å². The van der Waals surface area contributed by atoms with E-state index >= 15 is 0 Å². The molecule has 1 aromatic carbocycles. The fourth-order valence-corrected chi connectivity index (χ4v) is 3.21. The standard InChI is InChI=1S/C14H13ClN4O2S/c15-8-4-1-2-5-9(8)17-13(21)19-14-18-10-6-3-7-16-12(20)11(10)22-14/h1-2,4-5H,3,6-7H2,(H,16,20)(H2,17,18,19,21). The minimum atomic E-state index is -0.447. The highest BCUT2D eigenvalue weighted by Gasteiger charge is 2.21. The summed E-state index contributed by atoms with van der Waals surface area (Å²) in [5, 5.41) is 8.93. The number of nitrogens with zero attached hydrogens (tertiary/aromatic N) is 1. The van der Waals surface area contributed by atoms with Crippen molar-refractivity contribution in [2.75, 3.05) is 17.2 Å². The summed E-state index contributed by atoms with van der Waals surface area (Å²) in [6.07, 6.45) is 1.56. The maximum Gasteiger partial charge on any atom is 0.325 e. The first kappa shape index (κ1) is 14.8. The molecule has 1 aliphatic heterocycles. The van der Waals surface area contributed by atoms with Gasteiger partial charge in [0.1, 0.15) is 4.88 Å². The molecular formula is C14H13ClN4O2S. The number of hydrogen-bond acceptors (Lipinski definition) is 4. The Labute approximate surface area is 135 Å². The Morgan fingerprint density at radius 2 is 2.14 bits per heavy atom. The van der Waals surface area contributed by atoms with Crippen LogP contribution >= 0.6 is 22.9 Å². The Morgan fingerprint density at radius 3 is 2.95 bits per heavy atom. The first-order valence-corrected chi connectivity index (χ1v) is 7.93. The van der Waals surface area contributed by atoms with Crippen LogP contribution in [-0.4, -0.2) is 23.5 Å². The molecular weight excluding hydrogens is 324 g/mol. The van der Waals surface area contributed by atoms with Crippen molar-refractivity contribution in [1.82, 2.24) is 10.3 Å². The van der Waals surface area contributed by atoms with Crippen LogP contribution in [0.25, 0.3) is 0 Å². The molecule has 2 aromatic rings. The van der Waals surface area contributed by atoms with Gasteiger partial charge in [-0.25, -0.2) is 9.78 Å². The van der Waals surface area contributed by atoms with Gasteiger partial charge in [0.15, 0.2) is 5.13 Å². The van der Waals surface area contributed by atoms with Gasteiger partial charge in [0, 0.05) is 6.54 Å². The Bertz CT molecular complexity index is 731. The quantitative estimate of drug-likeness (QED) is 0.788. The largest absolute Gasteiger partial charge is 0.351 e. The highest BCUT2D eigenvalue weighted by Crippen LogP contribution is 2.26. The number of carbonyl (C=O) groups is 2. The molecule has 0 fully saturated rings. The molecule has 3 N–H and O–H groups in total. The Hall–Kier alpha value is -2.12. The summed E-state index contributed by atoms with van der Waals surface area (Å²) in [4.78, 5) is 28.7. The van der Waals surface area contributed by atoms with Crippen LogP contribution < -0.4 is 16.0 Å². The number of benzene rings is 1. The second kappa shape index (κ2) is 6.33. The number of amides is 3. The van der Waals surface area contributed by atoms with Gasteiger partial charge in [-0.2, -0.15) is 0 Å². The van der Waals surface area contributed by atoms with E-state index in [1.807, 2.05) is 0 Å². The maximum absolute atomic E-state index is 12.0.